The van der Waals surface area contributed by atoms with E-state index < -0.39 is 5.95 Å². The van der Waals surface area contributed by atoms with Gasteiger partial charge in [-0.3, -0.25) is 0 Å². The molecule has 0 bridgehead atoms. The fraction of sp³-hybridized carbons (Fsp3) is 0.200. The number of nitrogens with one attached hydrogen (secondary N) is 1. The number of hydrogen-bond donors (Lipinski definition) is 1. The first kappa shape index (κ1) is 16.4. The summed E-state index contributed by atoms with van der Waals surface area (Å²) in [4.78, 5) is 13.7. The van der Waals surface area contributed by atoms with Crippen LogP contribution in [0.3, 0.4) is 0 Å². The van der Waals surface area contributed by atoms with E-state index in [9.17, 15) is 4.39 Å². The number of aromatic amines is 1. The number of nitrogens with zero attached hydrogens (tertiary/aromatic N) is 6. The number of halogens is 1. The molecule has 0 aliphatic carbocycles. The lowest BCUT2D eigenvalue weighted by Crippen LogP contribution is -2.37. The average molecular weight is 373 g/mol. The predicted octanol–water partition coefficient (Wildman–Crippen LogP) is 2.92. The minimum absolute atomic E-state index is 0.0684. The Balaban J connectivity index is 1.67. The molecular formula is C20H16FN7. The van der Waals surface area contributed by atoms with Crippen molar-refractivity contribution < 1.29 is 4.39 Å². The third kappa shape index (κ3) is 2.44. The molecule has 0 saturated heterocycles. The van der Waals surface area contributed by atoms with Gasteiger partial charge in [0.05, 0.1) is 23.2 Å². The second kappa shape index (κ2) is 6.16. The Morgan fingerprint density at radius 2 is 2.21 bits per heavy atom. The molecule has 0 aromatic carbocycles. The molecule has 1 N–H and O–H groups in total. The minimum atomic E-state index is -0.766. The van der Waals surface area contributed by atoms with E-state index in [1.165, 1.54) is 6.07 Å². The Hall–Kier alpha value is -3.73. The monoisotopic (exact) mass is 373 g/mol. The molecule has 5 heterocycles. The van der Waals surface area contributed by atoms with Crippen LogP contribution in [-0.4, -0.2) is 31.1 Å². The van der Waals surface area contributed by atoms with Crippen molar-refractivity contribution in [2.75, 3.05) is 11.4 Å². The molecule has 5 rings (SSSR count). The molecule has 1 aliphatic rings. The van der Waals surface area contributed by atoms with Crippen molar-refractivity contribution >= 4 is 11.3 Å². The van der Waals surface area contributed by atoms with Crippen molar-refractivity contribution in [3.8, 4) is 6.07 Å². The number of hydrogen-bond acceptors (Lipinski definition) is 5. The van der Waals surface area contributed by atoms with E-state index in [1.54, 1.807) is 12.4 Å². The summed E-state index contributed by atoms with van der Waals surface area (Å²) < 4.78 is 16.0. The fourth-order valence-corrected chi connectivity index (χ4v) is 3.80. The maximum absolute atomic E-state index is 14.2. The number of aromatic nitrogens is 5. The van der Waals surface area contributed by atoms with Crippen molar-refractivity contribution in [1.82, 2.24) is 24.6 Å². The SMILES string of the molecule is Cc1cccn2nc(C3c4nc[nH]c4CCN3c3ccc(C#N)c(F)n3)cc12. The summed E-state index contributed by atoms with van der Waals surface area (Å²) in [5, 5.41) is 13.7. The number of H-pyrrole nitrogens is 1. The quantitative estimate of drug-likeness (QED) is 0.546. The third-order valence-electron chi connectivity index (χ3n) is 5.19. The second-order valence-corrected chi connectivity index (χ2v) is 6.82. The first-order valence-electron chi connectivity index (χ1n) is 8.96. The zero-order valence-electron chi connectivity index (χ0n) is 15.1. The molecular weight excluding hydrogens is 357 g/mol. The van der Waals surface area contributed by atoms with E-state index in [2.05, 4.69) is 15.0 Å². The summed E-state index contributed by atoms with van der Waals surface area (Å²) in [7, 11) is 0. The highest BCUT2D eigenvalue weighted by molar-refractivity contribution is 5.58. The lowest BCUT2D eigenvalue weighted by molar-refractivity contribution is 0.562. The highest BCUT2D eigenvalue weighted by Gasteiger charge is 2.34. The van der Waals surface area contributed by atoms with Gasteiger partial charge < -0.3 is 9.88 Å². The molecule has 0 spiro atoms. The maximum atomic E-state index is 14.2. The van der Waals surface area contributed by atoms with Crippen LogP contribution in [0, 0.1) is 24.2 Å². The van der Waals surface area contributed by atoms with Gasteiger partial charge in [0.25, 0.3) is 0 Å². The van der Waals surface area contributed by atoms with Crippen LogP contribution in [0.1, 0.15) is 34.3 Å². The number of imidazole rings is 1. The molecule has 7 nitrogen and oxygen atoms in total. The van der Waals surface area contributed by atoms with Crippen molar-refractivity contribution in [1.29, 1.82) is 5.26 Å². The topological polar surface area (TPSA) is 85.9 Å². The van der Waals surface area contributed by atoms with E-state index in [0.717, 1.165) is 34.6 Å². The van der Waals surface area contributed by atoms with Crippen LogP contribution >= 0.6 is 0 Å². The Bertz CT molecular complexity index is 1230. The second-order valence-electron chi connectivity index (χ2n) is 6.82. The number of nitriles is 1. The lowest BCUT2D eigenvalue weighted by Gasteiger charge is -2.34. The van der Waals surface area contributed by atoms with Gasteiger partial charge in [-0.1, -0.05) is 6.07 Å². The number of fused-ring (bicyclic) bond motifs is 2. The van der Waals surface area contributed by atoms with Crippen molar-refractivity contribution in [3.05, 3.63) is 77.0 Å². The Kier molecular flexibility index (Phi) is 3.62. The normalized spacial score (nSPS) is 16.2. The third-order valence-corrected chi connectivity index (χ3v) is 5.19. The smallest absolute Gasteiger partial charge is 0.232 e. The fourth-order valence-electron chi connectivity index (χ4n) is 3.80. The van der Waals surface area contributed by atoms with Crippen LogP contribution in [0.4, 0.5) is 10.2 Å². The Morgan fingerprint density at radius 3 is 3.00 bits per heavy atom. The highest BCUT2D eigenvalue weighted by atomic mass is 19.1. The van der Waals surface area contributed by atoms with Gasteiger partial charge in [-0.2, -0.15) is 14.8 Å². The molecule has 8 heteroatoms. The highest BCUT2D eigenvalue weighted by Crippen LogP contribution is 2.36. The molecule has 1 atom stereocenters. The number of pyridine rings is 2. The zero-order valence-corrected chi connectivity index (χ0v) is 15.1. The van der Waals surface area contributed by atoms with Crippen LogP contribution in [0.15, 0.2) is 42.9 Å². The van der Waals surface area contributed by atoms with Gasteiger partial charge in [0.1, 0.15) is 23.5 Å². The minimum Gasteiger partial charge on any atom is -0.348 e. The van der Waals surface area contributed by atoms with Crippen LogP contribution in [-0.2, 0) is 6.42 Å². The van der Waals surface area contributed by atoms with E-state index >= 15 is 0 Å². The molecule has 4 aromatic heterocycles. The number of anilines is 1. The number of aryl methyl sites for hydroxylation is 1. The average Bonchev–Trinajstić information content (AvgIpc) is 3.34. The van der Waals surface area contributed by atoms with Gasteiger partial charge in [-0.25, -0.2) is 14.5 Å². The molecule has 0 radical (unpaired) electrons. The van der Waals surface area contributed by atoms with E-state index in [0.29, 0.717) is 12.4 Å². The van der Waals surface area contributed by atoms with Crippen LogP contribution in [0.2, 0.25) is 0 Å². The molecule has 1 aliphatic heterocycles. The predicted molar refractivity (Wildman–Crippen MR) is 100 cm³/mol. The van der Waals surface area contributed by atoms with E-state index in [1.807, 2.05) is 46.8 Å². The summed E-state index contributed by atoms with van der Waals surface area (Å²) in [5.74, 6) is -0.304. The van der Waals surface area contributed by atoms with Crippen LogP contribution < -0.4 is 4.90 Å². The van der Waals surface area contributed by atoms with Crippen LogP contribution in [0.25, 0.3) is 5.52 Å². The summed E-state index contributed by atoms with van der Waals surface area (Å²) in [6.45, 7) is 2.67. The van der Waals surface area contributed by atoms with Gasteiger partial charge in [0.2, 0.25) is 5.95 Å². The molecule has 4 aromatic rings. The summed E-state index contributed by atoms with van der Waals surface area (Å²) in [6.07, 6.45) is 4.32. The van der Waals surface area contributed by atoms with Gasteiger partial charge in [0, 0.05) is 24.9 Å². The van der Waals surface area contributed by atoms with Gasteiger partial charge in [0.15, 0.2) is 0 Å². The number of rotatable bonds is 2. The first-order chi connectivity index (χ1) is 13.7. The molecule has 0 fully saturated rings. The van der Waals surface area contributed by atoms with Crippen molar-refractivity contribution in [2.24, 2.45) is 0 Å². The molecule has 0 amide bonds. The zero-order chi connectivity index (χ0) is 19.3. The van der Waals surface area contributed by atoms with Gasteiger partial charge >= 0.3 is 0 Å². The van der Waals surface area contributed by atoms with Crippen LogP contribution in [0.5, 0.6) is 0 Å². The lowest BCUT2D eigenvalue weighted by atomic mass is 9.99. The molecule has 28 heavy (non-hydrogen) atoms. The molecule has 138 valence electrons. The molecule has 0 saturated carbocycles. The summed E-state index contributed by atoms with van der Waals surface area (Å²) >= 11 is 0. The summed E-state index contributed by atoms with van der Waals surface area (Å²) in [6, 6.07) is 10.7. The largest absolute Gasteiger partial charge is 0.348 e. The van der Waals surface area contributed by atoms with Crippen molar-refractivity contribution in [3.63, 3.8) is 0 Å². The Labute approximate surface area is 160 Å². The maximum Gasteiger partial charge on any atom is 0.232 e. The first-order valence-corrected chi connectivity index (χ1v) is 8.96. The van der Waals surface area contributed by atoms with Crippen molar-refractivity contribution in [2.45, 2.75) is 19.4 Å². The molecule has 1 unspecified atom stereocenters. The Morgan fingerprint density at radius 1 is 1.32 bits per heavy atom. The summed E-state index contributed by atoms with van der Waals surface area (Å²) in [5.41, 5.74) is 4.78. The van der Waals surface area contributed by atoms with Gasteiger partial charge in [-0.05, 0) is 36.8 Å². The van der Waals surface area contributed by atoms with E-state index in [4.69, 9.17) is 10.4 Å². The standard InChI is InChI=1S/C20H16FN7/c1-12-3-2-7-28-16(12)9-15(26-28)19-18-14(23-11-24-18)6-8-27(19)17-5-4-13(10-22)20(21)25-17/h2-5,7,9,11,19H,6,8H2,1H3,(H,23,24). The van der Waals surface area contributed by atoms with E-state index in [-0.39, 0.29) is 11.6 Å². The van der Waals surface area contributed by atoms with Gasteiger partial charge in [-0.15, -0.1) is 0 Å².